The molecule has 1 N–H and O–H groups in total. The van der Waals surface area contributed by atoms with Gasteiger partial charge in [0.2, 0.25) is 5.91 Å². The third-order valence-corrected chi connectivity index (χ3v) is 3.44. The molecule has 5 nitrogen and oxygen atoms in total. The number of nitrogens with zero attached hydrogens (tertiary/aromatic N) is 3. The summed E-state index contributed by atoms with van der Waals surface area (Å²) in [5, 5.41) is 20.8. The Morgan fingerprint density at radius 2 is 2.05 bits per heavy atom. The Morgan fingerprint density at radius 3 is 2.65 bits per heavy atom. The molecule has 0 aromatic heterocycles. The van der Waals surface area contributed by atoms with Crippen LogP contribution in [0.5, 0.6) is 0 Å². The van der Waals surface area contributed by atoms with Crippen LogP contribution in [-0.2, 0) is 4.79 Å². The van der Waals surface area contributed by atoms with Crippen LogP contribution in [0.4, 0.5) is 5.69 Å². The van der Waals surface area contributed by atoms with Gasteiger partial charge >= 0.3 is 0 Å². The van der Waals surface area contributed by atoms with E-state index in [1.165, 1.54) is 0 Å². The van der Waals surface area contributed by atoms with Gasteiger partial charge in [-0.1, -0.05) is 0 Å². The second-order valence-electron chi connectivity index (χ2n) is 4.92. The molecule has 1 amide bonds. The summed E-state index contributed by atoms with van der Waals surface area (Å²) in [6.07, 6.45) is 0.990. The molecule has 0 spiro atoms. The van der Waals surface area contributed by atoms with Crippen LogP contribution in [0.15, 0.2) is 24.3 Å². The summed E-state index contributed by atoms with van der Waals surface area (Å²) in [5.74, 6) is -0.0828. The van der Waals surface area contributed by atoms with Crippen molar-refractivity contribution < 1.29 is 4.79 Å². The number of rotatable bonds is 2. The Morgan fingerprint density at radius 1 is 1.35 bits per heavy atom. The van der Waals surface area contributed by atoms with Gasteiger partial charge < -0.3 is 10.2 Å². The van der Waals surface area contributed by atoms with E-state index < -0.39 is 6.04 Å². The molecule has 1 aromatic carbocycles. The highest BCUT2D eigenvalue weighted by Crippen LogP contribution is 2.20. The number of amides is 1. The number of nitriles is 2. The quantitative estimate of drug-likeness (QED) is 0.882. The van der Waals surface area contributed by atoms with Crippen LogP contribution >= 0.6 is 0 Å². The molecular formula is C15H16N4O. The van der Waals surface area contributed by atoms with Crippen LogP contribution in [0.25, 0.3) is 0 Å². The summed E-state index contributed by atoms with van der Waals surface area (Å²) >= 11 is 0. The molecule has 102 valence electrons. The van der Waals surface area contributed by atoms with E-state index in [0.29, 0.717) is 12.1 Å². The largest absolute Gasteiger partial charge is 0.311 e. The molecule has 1 aliphatic rings. The van der Waals surface area contributed by atoms with Crippen molar-refractivity contribution in [2.24, 2.45) is 0 Å². The van der Waals surface area contributed by atoms with Crippen molar-refractivity contribution in [2.75, 3.05) is 11.4 Å². The fourth-order valence-electron chi connectivity index (χ4n) is 2.33. The van der Waals surface area contributed by atoms with Gasteiger partial charge in [-0.25, -0.2) is 0 Å². The maximum Gasteiger partial charge on any atom is 0.245 e. The predicted octanol–water partition coefficient (Wildman–Crippen LogP) is 1.56. The summed E-state index contributed by atoms with van der Waals surface area (Å²) in [6.45, 7) is 2.63. The van der Waals surface area contributed by atoms with Crippen LogP contribution in [0, 0.1) is 22.7 Å². The van der Waals surface area contributed by atoms with E-state index in [1.54, 1.807) is 29.2 Å². The Labute approximate surface area is 118 Å². The van der Waals surface area contributed by atoms with Crippen molar-refractivity contribution in [1.29, 1.82) is 10.5 Å². The molecule has 0 aliphatic carbocycles. The normalized spacial score (nSPS) is 22.8. The van der Waals surface area contributed by atoms with Crippen molar-refractivity contribution in [3.05, 3.63) is 29.8 Å². The molecule has 5 heteroatoms. The van der Waals surface area contributed by atoms with E-state index >= 15 is 0 Å². The predicted molar refractivity (Wildman–Crippen MR) is 74.7 cm³/mol. The lowest BCUT2D eigenvalue weighted by molar-refractivity contribution is -0.120. The molecule has 1 fully saturated rings. The topological polar surface area (TPSA) is 79.9 Å². The summed E-state index contributed by atoms with van der Waals surface area (Å²) in [5.41, 5.74) is 1.34. The zero-order valence-electron chi connectivity index (χ0n) is 11.3. The van der Waals surface area contributed by atoms with Gasteiger partial charge in [0, 0.05) is 18.3 Å². The zero-order chi connectivity index (χ0) is 14.5. The minimum atomic E-state index is -0.465. The number of carbonyl (C=O) groups is 1. The first kappa shape index (κ1) is 14.0. The lowest BCUT2D eigenvalue weighted by Gasteiger charge is -2.23. The van der Waals surface area contributed by atoms with Gasteiger partial charge in [-0.15, -0.1) is 0 Å². The zero-order valence-corrected chi connectivity index (χ0v) is 11.3. The van der Waals surface area contributed by atoms with Crippen molar-refractivity contribution in [1.82, 2.24) is 5.32 Å². The fourth-order valence-corrected chi connectivity index (χ4v) is 2.33. The van der Waals surface area contributed by atoms with Crippen molar-refractivity contribution in [3.63, 3.8) is 0 Å². The minimum Gasteiger partial charge on any atom is -0.311 e. The molecule has 2 unspecified atom stereocenters. The van der Waals surface area contributed by atoms with Gasteiger partial charge in [0.25, 0.3) is 0 Å². The van der Waals surface area contributed by atoms with Crippen LogP contribution in [0.1, 0.15) is 25.3 Å². The third kappa shape index (κ3) is 2.96. The Bertz CT molecular complexity index is 567. The summed E-state index contributed by atoms with van der Waals surface area (Å²) < 4.78 is 0. The van der Waals surface area contributed by atoms with Crippen molar-refractivity contribution in [2.45, 2.75) is 31.8 Å². The molecule has 20 heavy (non-hydrogen) atoms. The van der Waals surface area contributed by atoms with E-state index in [4.69, 9.17) is 10.5 Å². The first-order valence-corrected chi connectivity index (χ1v) is 6.60. The average molecular weight is 268 g/mol. The molecule has 2 rings (SSSR count). The Kier molecular flexibility index (Phi) is 4.34. The van der Waals surface area contributed by atoms with Gasteiger partial charge in [-0.2, -0.15) is 10.5 Å². The lowest BCUT2D eigenvalue weighted by Crippen LogP contribution is -2.45. The first-order valence-electron chi connectivity index (χ1n) is 6.60. The van der Waals surface area contributed by atoms with E-state index in [9.17, 15) is 4.79 Å². The van der Waals surface area contributed by atoms with Gasteiger partial charge in [-0.05, 0) is 37.6 Å². The van der Waals surface area contributed by atoms with E-state index in [1.807, 2.05) is 6.92 Å². The molecular weight excluding hydrogens is 252 g/mol. The van der Waals surface area contributed by atoms with Gasteiger partial charge in [0.15, 0.2) is 0 Å². The number of carbonyl (C=O) groups excluding carboxylic acids is 1. The number of nitrogens with one attached hydrogen (secondary N) is 1. The van der Waals surface area contributed by atoms with Crippen LogP contribution in [-0.4, -0.2) is 24.5 Å². The Hall–Kier alpha value is -2.37. The maximum atomic E-state index is 12.5. The lowest BCUT2D eigenvalue weighted by atomic mass is 10.1. The highest BCUT2D eigenvalue weighted by Gasteiger charge is 2.29. The molecule has 1 aromatic rings. The number of hydrogen-bond donors (Lipinski definition) is 1. The van der Waals surface area contributed by atoms with Crippen molar-refractivity contribution >= 4 is 11.6 Å². The van der Waals surface area contributed by atoms with Crippen LogP contribution in [0.3, 0.4) is 0 Å². The summed E-state index contributed by atoms with van der Waals surface area (Å²) in [4.78, 5) is 14.2. The molecule has 0 saturated carbocycles. The molecule has 2 atom stereocenters. The van der Waals surface area contributed by atoms with Crippen molar-refractivity contribution in [3.8, 4) is 12.1 Å². The van der Waals surface area contributed by atoms with Gasteiger partial charge in [0.05, 0.1) is 24.1 Å². The summed E-state index contributed by atoms with van der Waals surface area (Å²) in [6, 6.07) is 10.8. The number of benzene rings is 1. The maximum absolute atomic E-state index is 12.5. The standard InChI is InChI=1S/C15H16N4O/c1-11-7-9-19(15(20)14(18-11)6-8-16)13-4-2-12(10-17)3-5-13/h2-5,11,14,18H,6-7,9H2,1H3. The SMILES string of the molecule is CC1CCN(c2ccc(C#N)cc2)C(=O)C(CC#N)N1. The Balaban J connectivity index is 2.26. The highest BCUT2D eigenvalue weighted by atomic mass is 16.2. The van der Waals surface area contributed by atoms with Gasteiger partial charge in [0.1, 0.15) is 6.04 Å². The molecule has 0 radical (unpaired) electrons. The highest BCUT2D eigenvalue weighted by molar-refractivity contribution is 5.97. The van der Waals surface area contributed by atoms with E-state index in [-0.39, 0.29) is 18.4 Å². The second kappa shape index (κ2) is 6.18. The molecule has 1 aliphatic heterocycles. The molecule has 1 heterocycles. The monoisotopic (exact) mass is 268 g/mol. The molecule has 1 saturated heterocycles. The van der Waals surface area contributed by atoms with E-state index in [0.717, 1.165) is 12.1 Å². The molecule has 0 bridgehead atoms. The average Bonchev–Trinajstić information content (AvgIpc) is 2.60. The fraction of sp³-hybridized carbons (Fsp3) is 0.400. The smallest absolute Gasteiger partial charge is 0.245 e. The first-order chi connectivity index (χ1) is 9.65. The minimum absolute atomic E-state index is 0.0828. The van der Waals surface area contributed by atoms with Gasteiger partial charge in [-0.3, -0.25) is 4.79 Å². The van der Waals surface area contributed by atoms with E-state index in [2.05, 4.69) is 17.5 Å². The van der Waals surface area contributed by atoms with Crippen LogP contribution < -0.4 is 10.2 Å². The number of anilines is 1. The number of hydrogen-bond acceptors (Lipinski definition) is 4. The third-order valence-electron chi connectivity index (χ3n) is 3.44. The summed E-state index contributed by atoms with van der Waals surface area (Å²) in [7, 11) is 0. The second-order valence-corrected chi connectivity index (χ2v) is 4.92. The van der Waals surface area contributed by atoms with Crippen LogP contribution in [0.2, 0.25) is 0 Å².